The van der Waals surface area contributed by atoms with Gasteiger partial charge in [0.1, 0.15) is 11.2 Å². The van der Waals surface area contributed by atoms with Gasteiger partial charge in [-0.05, 0) is 18.1 Å². The van der Waals surface area contributed by atoms with Gasteiger partial charge in [-0.1, -0.05) is 13.8 Å². The highest BCUT2D eigenvalue weighted by molar-refractivity contribution is 5.95. The van der Waals surface area contributed by atoms with Crippen LogP contribution >= 0.6 is 0 Å². The van der Waals surface area contributed by atoms with E-state index in [1.807, 2.05) is 19.9 Å². The van der Waals surface area contributed by atoms with Gasteiger partial charge in [-0.15, -0.1) is 0 Å². The minimum absolute atomic E-state index is 0.151. The smallest absolute Gasteiger partial charge is 0.192 e. The van der Waals surface area contributed by atoms with E-state index >= 15 is 0 Å². The fourth-order valence-corrected chi connectivity index (χ4v) is 1.44. The largest absolute Gasteiger partial charge is 0.449 e. The number of pyridine rings is 1. The molecule has 0 atom stereocenters. The second-order valence-electron chi connectivity index (χ2n) is 3.74. The third-order valence-electron chi connectivity index (χ3n) is 2.32. The van der Waals surface area contributed by atoms with Crippen LogP contribution in [0.1, 0.15) is 36.0 Å². The number of nitrogen functional groups attached to an aromatic ring is 1. The molecule has 0 bridgehead atoms. The van der Waals surface area contributed by atoms with Gasteiger partial charge in [-0.25, -0.2) is 4.98 Å². The van der Waals surface area contributed by atoms with Gasteiger partial charge in [-0.3, -0.25) is 4.79 Å². The summed E-state index contributed by atoms with van der Waals surface area (Å²) >= 11 is 0. The lowest BCUT2D eigenvalue weighted by molar-refractivity contribution is 0.110. The molecule has 4 nitrogen and oxygen atoms in total. The number of carbonyl (C=O) groups is 1. The first kappa shape index (κ1) is 9.71. The van der Waals surface area contributed by atoms with E-state index in [0.717, 1.165) is 5.69 Å². The van der Waals surface area contributed by atoms with Gasteiger partial charge in [0, 0.05) is 5.69 Å². The lowest BCUT2D eigenvalue weighted by atomic mass is 10.1. The first-order valence-corrected chi connectivity index (χ1v) is 4.77. The SMILES string of the molecule is CC(C)c1ccc2oc(C=O)c(N)c2n1. The average molecular weight is 204 g/mol. The van der Waals surface area contributed by atoms with Crippen molar-refractivity contribution in [1.29, 1.82) is 0 Å². The highest BCUT2D eigenvalue weighted by atomic mass is 16.3. The highest BCUT2D eigenvalue weighted by Gasteiger charge is 2.13. The van der Waals surface area contributed by atoms with E-state index in [2.05, 4.69) is 4.98 Å². The molecular weight excluding hydrogens is 192 g/mol. The number of fused-ring (bicyclic) bond motifs is 1. The summed E-state index contributed by atoms with van der Waals surface area (Å²) < 4.78 is 5.23. The number of nitrogens with two attached hydrogens (primary N) is 1. The molecule has 0 fully saturated rings. The molecule has 78 valence electrons. The molecule has 0 saturated carbocycles. The summed E-state index contributed by atoms with van der Waals surface area (Å²) in [6.07, 6.45) is 0.603. The number of aromatic nitrogens is 1. The lowest BCUT2D eigenvalue weighted by Gasteiger charge is -2.02. The van der Waals surface area contributed by atoms with Crippen LogP contribution in [0.3, 0.4) is 0 Å². The van der Waals surface area contributed by atoms with E-state index in [1.165, 1.54) is 0 Å². The zero-order chi connectivity index (χ0) is 11.0. The number of hydrogen-bond acceptors (Lipinski definition) is 4. The highest BCUT2D eigenvalue weighted by Crippen LogP contribution is 2.27. The molecule has 0 aromatic carbocycles. The minimum Gasteiger partial charge on any atom is -0.449 e. The van der Waals surface area contributed by atoms with Gasteiger partial charge >= 0.3 is 0 Å². The maximum Gasteiger partial charge on any atom is 0.192 e. The lowest BCUT2D eigenvalue weighted by Crippen LogP contribution is -1.94. The van der Waals surface area contributed by atoms with Crippen LogP contribution in [0.25, 0.3) is 11.1 Å². The Hall–Kier alpha value is -1.84. The van der Waals surface area contributed by atoms with Crippen LogP contribution in [0.4, 0.5) is 5.69 Å². The second kappa shape index (κ2) is 3.38. The molecule has 0 spiro atoms. The van der Waals surface area contributed by atoms with Gasteiger partial charge in [0.05, 0.1) is 0 Å². The molecular formula is C11H12N2O2. The fraction of sp³-hybridized carbons (Fsp3) is 0.273. The van der Waals surface area contributed by atoms with Crippen molar-refractivity contribution in [1.82, 2.24) is 4.98 Å². The summed E-state index contributed by atoms with van der Waals surface area (Å²) in [6.45, 7) is 4.09. The van der Waals surface area contributed by atoms with Crippen molar-refractivity contribution in [2.75, 3.05) is 5.73 Å². The number of nitrogens with zero attached hydrogens (tertiary/aromatic N) is 1. The van der Waals surface area contributed by atoms with Crippen LogP contribution in [-0.4, -0.2) is 11.3 Å². The summed E-state index contributed by atoms with van der Waals surface area (Å²) in [5.41, 5.74) is 8.12. The van der Waals surface area contributed by atoms with Gasteiger partial charge in [0.2, 0.25) is 0 Å². The Morgan fingerprint density at radius 3 is 2.80 bits per heavy atom. The van der Waals surface area contributed by atoms with Crippen LogP contribution < -0.4 is 5.73 Å². The second-order valence-corrected chi connectivity index (χ2v) is 3.74. The molecule has 0 aliphatic heterocycles. The van der Waals surface area contributed by atoms with Gasteiger partial charge < -0.3 is 10.2 Å². The number of carbonyl (C=O) groups excluding carboxylic acids is 1. The van der Waals surface area contributed by atoms with Crippen molar-refractivity contribution in [2.45, 2.75) is 19.8 Å². The number of hydrogen-bond donors (Lipinski definition) is 1. The summed E-state index contributed by atoms with van der Waals surface area (Å²) in [7, 11) is 0. The topological polar surface area (TPSA) is 69.1 Å². The maximum atomic E-state index is 10.6. The Balaban J connectivity index is 2.70. The zero-order valence-corrected chi connectivity index (χ0v) is 8.65. The molecule has 4 heteroatoms. The number of aldehydes is 1. The number of rotatable bonds is 2. The van der Waals surface area contributed by atoms with E-state index in [4.69, 9.17) is 10.2 Å². The molecule has 2 rings (SSSR count). The minimum atomic E-state index is 0.151. The quantitative estimate of drug-likeness (QED) is 0.762. The molecule has 2 aromatic rings. The zero-order valence-electron chi connectivity index (χ0n) is 8.65. The Kier molecular flexibility index (Phi) is 2.19. The first-order valence-electron chi connectivity index (χ1n) is 4.77. The normalized spacial score (nSPS) is 11.1. The molecule has 2 aromatic heterocycles. The predicted molar refractivity (Wildman–Crippen MR) is 57.9 cm³/mol. The Labute approximate surface area is 87.1 Å². The molecule has 0 aliphatic rings. The maximum absolute atomic E-state index is 10.6. The van der Waals surface area contributed by atoms with Gasteiger partial charge in [-0.2, -0.15) is 0 Å². The predicted octanol–water partition coefficient (Wildman–Crippen LogP) is 2.35. The Bertz CT molecular complexity index is 515. The van der Waals surface area contributed by atoms with Crippen molar-refractivity contribution >= 4 is 23.1 Å². The van der Waals surface area contributed by atoms with Crippen molar-refractivity contribution in [3.63, 3.8) is 0 Å². The molecule has 0 saturated heterocycles. The van der Waals surface area contributed by atoms with E-state index < -0.39 is 0 Å². The summed E-state index contributed by atoms with van der Waals surface area (Å²) in [5, 5.41) is 0. The summed E-state index contributed by atoms with van der Waals surface area (Å²) in [4.78, 5) is 15.0. The van der Waals surface area contributed by atoms with E-state index in [0.29, 0.717) is 29.0 Å². The first-order chi connectivity index (χ1) is 7.13. The fourth-order valence-electron chi connectivity index (χ4n) is 1.44. The molecule has 0 radical (unpaired) electrons. The van der Waals surface area contributed by atoms with Crippen molar-refractivity contribution in [3.8, 4) is 0 Å². The third kappa shape index (κ3) is 1.48. The van der Waals surface area contributed by atoms with Crippen LogP contribution in [-0.2, 0) is 0 Å². The van der Waals surface area contributed by atoms with Crippen molar-refractivity contribution in [2.24, 2.45) is 0 Å². The molecule has 2 N–H and O–H groups in total. The Morgan fingerprint density at radius 2 is 2.20 bits per heavy atom. The monoisotopic (exact) mass is 204 g/mol. The van der Waals surface area contributed by atoms with Gasteiger partial charge in [0.15, 0.2) is 17.6 Å². The number of anilines is 1. The average Bonchev–Trinajstić information content (AvgIpc) is 2.55. The van der Waals surface area contributed by atoms with Crippen LogP contribution in [0.15, 0.2) is 16.5 Å². The van der Waals surface area contributed by atoms with E-state index in [9.17, 15) is 4.79 Å². The van der Waals surface area contributed by atoms with Crippen LogP contribution in [0.2, 0.25) is 0 Å². The van der Waals surface area contributed by atoms with E-state index in [-0.39, 0.29) is 5.76 Å². The standard InChI is InChI=1S/C11H12N2O2/c1-6(2)7-3-4-8-11(13-7)10(12)9(5-14)15-8/h3-6H,12H2,1-2H3. The van der Waals surface area contributed by atoms with E-state index in [1.54, 1.807) is 6.07 Å². The summed E-state index contributed by atoms with van der Waals surface area (Å²) in [5.74, 6) is 0.474. The molecule has 0 aliphatic carbocycles. The van der Waals surface area contributed by atoms with Crippen LogP contribution in [0.5, 0.6) is 0 Å². The van der Waals surface area contributed by atoms with Crippen LogP contribution in [0, 0.1) is 0 Å². The van der Waals surface area contributed by atoms with Crippen molar-refractivity contribution < 1.29 is 9.21 Å². The summed E-state index contributed by atoms with van der Waals surface area (Å²) in [6, 6.07) is 3.67. The molecule has 0 amide bonds. The molecule has 15 heavy (non-hydrogen) atoms. The Morgan fingerprint density at radius 1 is 1.47 bits per heavy atom. The molecule has 2 heterocycles. The van der Waals surface area contributed by atoms with Crippen molar-refractivity contribution in [3.05, 3.63) is 23.6 Å². The third-order valence-corrected chi connectivity index (χ3v) is 2.32. The number of furan rings is 1. The molecule has 0 unspecified atom stereocenters. The van der Waals surface area contributed by atoms with Gasteiger partial charge in [0.25, 0.3) is 0 Å².